The van der Waals surface area contributed by atoms with Crippen LogP contribution in [0.1, 0.15) is 77.0 Å². The average molecular weight is 370 g/mol. The van der Waals surface area contributed by atoms with Crippen molar-refractivity contribution >= 4 is 29.7 Å². The molecular formula is C16H28B2Te. The van der Waals surface area contributed by atoms with Gasteiger partial charge in [-0.15, -0.1) is 0 Å². The first-order valence-electron chi connectivity index (χ1n) is 9.07. The Morgan fingerprint density at radius 3 is 1.00 bits per heavy atom. The molecule has 4 rings (SSSR count). The van der Waals surface area contributed by atoms with Crippen LogP contribution in [-0.4, -0.2) is 29.7 Å². The molecule has 19 heavy (non-hydrogen) atoms. The molecule has 4 fully saturated rings. The van der Waals surface area contributed by atoms with Crippen molar-refractivity contribution in [2.45, 2.75) is 100 Å². The van der Waals surface area contributed by atoms with E-state index in [2.05, 4.69) is 0 Å². The predicted molar refractivity (Wildman–Crippen MR) is 87.7 cm³/mol. The summed E-state index contributed by atoms with van der Waals surface area (Å²) in [5, 5.41) is 0. The normalized spacial score (nSPS) is 42.3. The van der Waals surface area contributed by atoms with Crippen molar-refractivity contribution in [3.8, 4) is 0 Å². The standard InChI is InChI=1S/C16H28B2Te/c1-5-13-7-2-8-14(6-1)17(13)19-18-15-9-3-10-16(18)12-4-11-15/h13-16H,1-12H2. The third-order valence-electron chi connectivity index (χ3n) is 6.77. The van der Waals surface area contributed by atoms with Crippen LogP contribution in [-0.2, 0) is 0 Å². The molecular weight excluding hydrogens is 341 g/mol. The zero-order valence-corrected chi connectivity index (χ0v) is 14.7. The van der Waals surface area contributed by atoms with Crippen LogP contribution in [0.15, 0.2) is 0 Å². The minimum absolute atomic E-state index is 0.303. The summed E-state index contributed by atoms with van der Waals surface area (Å²) in [5.74, 6) is 4.82. The third kappa shape index (κ3) is 2.68. The van der Waals surface area contributed by atoms with Gasteiger partial charge in [0, 0.05) is 0 Å². The Balaban J connectivity index is 1.47. The van der Waals surface area contributed by atoms with Gasteiger partial charge in [0.1, 0.15) is 0 Å². The SMILES string of the molecule is C1CC2CCCC(C1)B2[Te]B1C2CCCC1CCC2. The van der Waals surface area contributed by atoms with Gasteiger partial charge < -0.3 is 0 Å². The topological polar surface area (TPSA) is 0 Å². The van der Waals surface area contributed by atoms with Gasteiger partial charge in [0.15, 0.2) is 0 Å². The van der Waals surface area contributed by atoms with Gasteiger partial charge in [0.05, 0.1) is 0 Å². The molecule has 3 heteroatoms. The number of hydrogen-bond donors (Lipinski definition) is 0. The molecule has 4 saturated heterocycles. The fourth-order valence-electron chi connectivity index (χ4n) is 5.86. The molecule has 0 aromatic rings. The fraction of sp³-hybridized carbons (Fsp3) is 1.00. The summed E-state index contributed by atoms with van der Waals surface area (Å²) in [7, 11) is 0. The van der Waals surface area contributed by atoms with Gasteiger partial charge in [-0.2, -0.15) is 0 Å². The molecule has 0 radical (unpaired) electrons. The first kappa shape index (κ1) is 13.6. The Morgan fingerprint density at radius 1 is 0.474 bits per heavy atom. The summed E-state index contributed by atoms with van der Waals surface area (Å²) in [6.45, 7) is 0. The van der Waals surface area contributed by atoms with Crippen molar-refractivity contribution in [1.29, 1.82) is 0 Å². The fourth-order valence-corrected chi connectivity index (χ4v) is 12.5. The Morgan fingerprint density at radius 2 is 0.737 bits per heavy atom. The van der Waals surface area contributed by atoms with Gasteiger partial charge in [-0.25, -0.2) is 0 Å². The van der Waals surface area contributed by atoms with E-state index in [9.17, 15) is 0 Å². The van der Waals surface area contributed by atoms with Crippen LogP contribution in [0.2, 0.25) is 23.3 Å². The van der Waals surface area contributed by atoms with E-state index >= 15 is 0 Å². The molecule has 0 spiro atoms. The van der Waals surface area contributed by atoms with Crippen LogP contribution in [0.25, 0.3) is 0 Å². The second-order valence-electron chi connectivity index (χ2n) is 7.83. The summed E-state index contributed by atoms with van der Waals surface area (Å²) in [4.78, 5) is 0. The number of rotatable bonds is 2. The third-order valence-corrected chi connectivity index (χ3v) is 13.0. The average Bonchev–Trinajstić information content (AvgIpc) is 2.38. The summed E-state index contributed by atoms with van der Waals surface area (Å²) in [6.07, 6.45) is 19.3. The van der Waals surface area contributed by atoms with E-state index in [-0.39, 0.29) is 0 Å². The molecule has 4 bridgehead atoms. The molecule has 0 unspecified atom stereocenters. The Kier molecular flexibility index (Phi) is 4.26. The molecule has 0 atom stereocenters. The first-order valence-corrected chi connectivity index (χ1v) is 11.8. The summed E-state index contributed by atoms with van der Waals surface area (Å²) in [6, 6.07) is 0. The molecule has 4 heterocycles. The zero-order chi connectivity index (χ0) is 12.7. The van der Waals surface area contributed by atoms with Gasteiger partial charge in [0.25, 0.3) is 0 Å². The Bertz CT molecular complexity index is 248. The van der Waals surface area contributed by atoms with Gasteiger partial charge >= 0.3 is 130 Å². The second kappa shape index (κ2) is 5.96. The molecule has 0 aliphatic carbocycles. The second-order valence-corrected chi connectivity index (χ2v) is 11.7. The Labute approximate surface area is 130 Å². The van der Waals surface area contributed by atoms with Crippen LogP contribution >= 0.6 is 0 Å². The van der Waals surface area contributed by atoms with Crippen LogP contribution in [0.5, 0.6) is 0 Å². The monoisotopic (exact) mass is 372 g/mol. The molecule has 0 amide bonds. The summed E-state index contributed by atoms with van der Waals surface area (Å²) in [5.41, 5.74) is 0. The minimum atomic E-state index is 0.303. The van der Waals surface area contributed by atoms with E-state index in [4.69, 9.17) is 0 Å². The maximum absolute atomic E-state index is 1.62. The molecule has 0 N–H and O–H groups in total. The van der Waals surface area contributed by atoms with Crippen molar-refractivity contribution < 1.29 is 0 Å². The van der Waals surface area contributed by atoms with Crippen LogP contribution in [0, 0.1) is 0 Å². The van der Waals surface area contributed by atoms with Gasteiger partial charge in [0.2, 0.25) is 0 Å². The molecule has 0 aromatic heterocycles. The summed E-state index contributed by atoms with van der Waals surface area (Å²) >= 11 is 0.303. The van der Waals surface area contributed by atoms with Crippen LogP contribution in [0.3, 0.4) is 0 Å². The summed E-state index contributed by atoms with van der Waals surface area (Å²) < 4.78 is 2.58. The van der Waals surface area contributed by atoms with E-state index in [1.165, 1.54) is 32.5 Å². The van der Waals surface area contributed by atoms with Crippen molar-refractivity contribution in [1.82, 2.24) is 0 Å². The van der Waals surface area contributed by atoms with E-state index in [0.29, 0.717) is 20.5 Å². The molecule has 0 aromatic carbocycles. The van der Waals surface area contributed by atoms with Gasteiger partial charge in [-0.05, 0) is 0 Å². The van der Waals surface area contributed by atoms with E-state index in [0.717, 1.165) is 0 Å². The van der Waals surface area contributed by atoms with Gasteiger partial charge in [-0.3, -0.25) is 0 Å². The van der Waals surface area contributed by atoms with E-state index in [1.54, 1.807) is 77.0 Å². The van der Waals surface area contributed by atoms with Gasteiger partial charge in [-0.1, -0.05) is 0 Å². The Hall–Kier alpha value is 0.919. The number of hydrogen-bond acceptors (Lipinski definition) is 0. The predicted octanol–water partition coefficient (Wildman–Crippen LogP) is 4.89. The quantitative estimate of drug-likeness (QED) is 0.608. The van der Waals surface area contributed by atoms with Crippen LogP contribution < -0.4 is 0 Å². The van der Waals surface area contributed by atoms with Crippen LogP contribution in [0.4, 0.5) is 0 Å². The van der Waals surface area contributed by atoms with E-state index < -0.39 is 0 Å². The molecule has 104 valence electrons. The van der Waals surface area contributed by atoms with Crippen molar-refractivity contribution in [3.05, 3.63) is 0 Å². The first-order chi connectivity index (χ1) is 9.42. The van der Waals surface area contributed by atoms with Crippen molar-refractivity contribution in [3.63, 3.8) is 0 Å². The zero-order valence-electron chi connectivity index (χ0n) is 12.4. The van der Waals surface area contributed by atoms with E-state index in [1.807, 2.05) is 0 Å². The maximum atomic E-state index is 1.62. The number of fused-ring (bicyclic) bond motifs is 4. The van der Waals surface area contributed by atoms with Crippen molar-refractivity contribution in [2.75, 3.05) is 0 Å². The van der Waals surface area contributed by atoms with Crippen molar-refractivity contribution in [2.24, 2.45) is 0 Å². The molecule has 4 aliphatic heterocycles. The molecule has 0 saturated carbocycles. The molecule has 0 nitrogen and oxygen atoms in total. The molecule has 4 aliphatic rings.